The minimum atomic E-state index is -1.81. The smallest absolute Gasteiger partial charge is 0.325 e. The molecule has 448 valence electrons. The van der Waals surface area contributed by atoms with Crippen LogP contribution in [-0.4, -0.2) is 169 Å². The monoisotopic (exact) mass is 1140 g/mol. The van der Waals surface area contributed by atoms with Gasteiger partial charge in [-0.15, -0.1) is 0 Å². The maximum Gasteiger partial charge on any atom is 0.325 e. The first-order valence-corrected chi connectivity index (χ1v) is 28.0. The van der Waals surface area contributed by atoms with Crippen molar-refractivity contribution in [2.75, 3.05) is 13.1 Å². The number of nitrogens with two attached hydrogens (primary N) is 1. The van der Waals surface area contributed by atoms with Crippen molar-refractivity contribution in [1.29, 1.82) is 0 Å². The number of para-hydroxylation sites is 1. The van der Waals surface area contributed by atoms with Gasteiger partial charge in [-0.2, -0.15) is 0 Å². The third kappa shape index (κ3) is 17.0. The minimum Gasteiger partial charge on any atom is -0.508 e. The predicted octanol–water partition coefficient (Wildman–Crippen LogP) is 0.709. The summed E-state index contributed by atoms with van der Waals surface area (Å²) in [6, 6.07) is 0.266. The molecule has 2 saturated heterocycles. The summed E-state index contributed by atoms with van der Waals surface area (Å²) in [5.74, 6) is -10.9. The van der Waals surface area contributed by atoms with E-state index in [0.717, 1.165) is 10.9 Å². The normalized spacial score (nSPS) is 18.8. The van der Waals surface area contributed by atoms with Crippen LogP contribution in [0.2, 0.25) is 0 Å². The number of aromatic amines is 1. The van der Waals surface area contributed by atoms with Crippen molar-refractivity contribution in [2.45, 2.75) is 174 Å². The Hall–Kier alpha value is -8.09. The van der Waals surface area contributed by atoms with E-state index < -0.39 is 144 Å². The average Bonchev–Trinajstić information content (AvgIpc) is 4.30. The number of nitrogens with zero attached hydrogens (tertiary/aromatic N) is 2. The molecule has 9 amide bonds. The topological polar surface area (TPSA) is 381 Å². The fraction of sp³-hybridized carbons (Fsp3) is 0.561. The molecule has 2 aliphatic heterocycles. The van der Waals surface area contributed by atoms with Crippen LogP contribution in [0.1, 0.15) is 111 Å². The fourth-order valence-electron chi connectivity index (χ4n) is 10.0. The lowest BCUT2D eigenvalue weighted by molar-refractivity contribution is -0.145. The standard InChI is InChI=1S/C57H81N11O14/c1-9-30(5)45(58)53(77)64-40(26-35-28-59-38-16-12-11-15-37(35)38)49(73)63-41(27-44(70)71)50(74)62-39(25-34-19-21-36(69)22-20-34)48(72)60-32(7)55(79)67-23-13-18-43(67)52(76)65-46(29(3)4)54(78)66-47(31(6)10-2)56(80)68-24-14-17-42(68)51(75)61-33(8)57(81)82/h11-12,15-16,19-22,28-33,39-43,45-47,59,69H,9-10,13-14,17-18,23-27,58H2,1-8H3,(H,60,72)(H,61,75)(H,62,74)(H,63,73)(H,64,77)(H,65,76)(H,66,78)(H,70,71)(H,81,82)/t30-,31-,32-,33-,39-,40-,41-,42-,43-,45-,46-,47-/m0/s1. The number of fused-ring (bicyclic) bond motifs is 1. The van der Waals surface area contributed by atoms with Crippen molar-refractivity contribution < 1.29 is 68.1 Å². The van der Waals surface area contributed by atoms with Gasteiger partial charge >= 0.3 is 11.9 Å². The molecule has 5 rings (SSSR count). The van der Waals surface area contributed by atoms with Crippen molar-refractivity contribution in [3.63, 3.8) is 0 Å². The molecule has 0 spiro atoms. The Kier molecular flexibility index (Phi) is 23.3. The zero-order valence-electron chi connectivity index (χ0n) is 47.8. The second-order valence-electron chi connectivity index (χ2n) is 21.9. The van der Waals surface area contributed by atoms with Crippen LogP contribution in [0.5, 0.6) is 5.75 Å². The number of rotatable bonds is 28. The number of nitrogens with one attached hydrogen (secondary N) is 8. The Labute approximate surface area is 476 Å². The maximum absolute atomic E-state index is 14.3. The summed E-state index contributed by atoms with van der Waals surface area (Å²) in [5, 5.41) is 48.4. The van der Waals surface area contributed by atoms with Crippen LogP contribution in [0.15, 0.2) is 54.7 Å². The van der Waals surface area contributed by atoms with Crippen LogP contribution in [-0.2, 0) is 65.6 Å². The summed E-state index contributed by atoms with van der Waals surface area (Å²) in [4.78, 5) is 156. The lowest BCUT2D eigenvalue weighted by atomic mass is 9.95. The number of carboxylic acid groups (broad SMARTS) is 2. The van der Waals surface area contributed by atoms with Gasteiger partial charge in [0.15, 0.2) is 0 Å². The van der Waals surface area contributed by atoms with Gasteiger partial charge in [-0.05, 0) is 86.6 Å². The summed E-state index contributed by atoms with van der Waals surface area (Å²) in [6.07, 6.45) is 2.68. The van der Waals surface area contributed by atoms with Crippen LogP contribution in [0, 0.1) is 17.8 Å². The Bertz CT molecular complexity index is 2810. The number of aliphatic carboxylic acids is 2. The van der Waals surface area contributed by atoms with E-state index in [4.69, 9.17) is 5.73 Å². The van der Waals surface area contributed by atoms with E-state index >= 15 is 0 Å². The predicted molar refractivity (Wildman–Crippen MR) is 300 cm³/mol. The molecule has 13 N–H and O–H groups in total. The zero-order chi connectivity index (χ0) is 60.7. The molecule has 0 bridgehead atoms. The number of aromatic hydroxyl groups is 1. The highest BCUT2D eigenvalue weighted by Crippen LogP contribution is 2.24. The third-order valence-electron chi connectivity index (χ3n) is 15.5. The van der Waals surface area contributed by atoms with E-state index in [2.05, 4.69) is 42.2 Å². The van der Waals surface area contributed by atoms with Gasteiger partial charge in [-0.1, -0.05) is 84.7 Å². The van der Waals surface area contributed by atoms with Crippen molar-refractivity contribution in [2.24, 2.45) is 23.5 Å². The molecular formula is C57H81N11O14. The molecule has 12 atom stereocenters. The Morgan fingerprint density at radius 3 is 1.72 bits per heavy atom. The molecule has 82 heavy (non-hydrogen) atoms. The molecule has 0 unspecified atom stereocenters. The lowest BCUT2D eigenvalue weighted by Crippen LogP contribution is -2.61. The van der Waals surface area contributed by atoms with Crippen LogP contribution in [0.4, 0.5) is 0 Å². The van der Waals surface area contributed by atoms with Crippen LogP contribution >= 0.6 is 0 Å². The molecule has 0 aliphatic carbocycles. The first-order valence-electron chi connectivity index (χ1n) is 28.0. The number of carbonyl (C=O) groups is 11. The fourth-order valence-corrected chi connectivity index (χ4v) is 10.0. The highest BCUT2D eigenvalue weighted by Gasteiger charge is 2.43. The second kappa shape index (κ2) is 29.6. The van der Waals surface area contributed by atoms with Gasteiger partial charge in [0.2, 0.25) is 53.2 Å². The van der Waals surface area contributed by atoms with Gasteiger partial charge < -0.3 is 73.1 Å². The van der Waals surface area contributed by atoms with Crippen molar-refractivity contribution in [1.82, 2.24) is 52.0 Å². The zero-order valence-corrected chi connectivity index (χ0v) is 47.8. The summed E-state index contributed by atoms with van der Waals surface area (Å²) in [7, 11) is 0. The Morgan fingerprint density at radius 1 is 0.598 bits per heavy atom. The van der Waals surface area contributed by atoms with E-state index in [1.807, 2.05) is 32.0 Å². The largest absolute Gasteiger partial charge is 0.508 e. The summed E-state index contributed by atoms with van der Waals surface area (Å²) >= 11 is 0. The molecule has 0 radical (unpaired) electrons. The number of carboxylic acids is 2. The number of likely N-dealkylation sites (tertiary alicyclic amines) is 2. The van der Waals surface area contributed by atoms with E-state index in [-0.39, 0.29) is 50.4 Å². The number of phenolic OH excluding ortho intramolecular Hbond substituents is 1. The SMILES string of the molecule is CC[C@H](C)[C@H](N)C(=O)N[C@@H](Cc1c[nH]c2ccccc12)C(=O)N[C@@H](CC(=O)O)C(=O)N[C@@H](Cc1ccc(O)cc1)C(=O)N[C@@H](C)C(=O)N1CCC[C@H]1C(=O)N[C@H](C(=O)N[C@H](C(=O)N1CCC[C@H]1C(=O)N[C@@H](C)C(=O)O)[C@@H](C)CC)C(C)C. The minimum absolute atomic E-state index is 0.0889. The summed E-state index contributed by atoms with van der Waals surface area (Å²) in [5.41, 5.74) is 8.04. The number of aromatic nitrogens is 1. The number of phenols is 1. The van der Waals surface area contributed by atoms with E-state index in [1.165, 1.54) is 47.9 Å². The Morgan fingerprint density at radius 2 is 1.13 bits per heavy atom. The molecule has 2 fully saturated rings. The maximum atomic E-state index is 14.3. The highest BCUT2D eigenvalue weighted by molar-refractivity contribution is 6.00. The molecule has 25 heteroatoms. The third-order valence-corrected chi connectivity index (χ3v) is 15.5. The molecule has 1 aromatic heterocycles. The van der Waals surface area contributed by atoms with Crippen LogP contribution in [0.3, 0.4) is 0 Å². The number of hydrogen-bond donors (Lipinski definition) is 12. The van der Waals surface area contributed by atoms with E-state index in [9.17, 15) is 68.1 Å². The van der Waals surface area contributed by atoms with Gasteiger partial charge in [0.05, 0.1) is 12.5 Å². The second-order valence-corrected chi connectivity index (χ2v) is 21.9. The Balaban J connectivity index is 1.31. The summed E-state index contributed by atoms with van der Waals surface area (Å²) < 4.78 is 0. The van der Waals surface area contributed by atoms with Crippen LogP contribution in [0.25, 0.3) is 10.9 Å². The number of hydrogen-bond acceptors (Lipinski definition) is 13. The number of carbonyl (C=O) groups excluding carboxylic acids is 9. The molecule has 25 nitrogen and oxygen atoms in total. The van der Waals surface area contributed by atoms with Crippen molar-refractivity contribution in [3.8, 4) is 5.75 Å². The molecule has 3 heterocycles. The van der Waals surface area contributed by atoms with Gasteiger partial charge in [0.25, 0.3) is 0 Å². The van der Waals surface area contributed by atoms with Crippen molar-refractivity contribution >= 4 is 76.0 Å². The van der Waals surface area contributed by atoms with Crippen molar-refractivity contribution in [3.05, 3.63) is 65.9 Å². The number of amides is 9. The highest BCUT2D eigenvalue weighted by atomic mass is 16.4. The molecule has 2 aliphatic rings. The van der Waals surface area contributed by atoms with Crippen LogP contribution < -0.4 is 43.0 Å². The number of benzene rings is 2. The summed E-state index contributed by atoms with van der Waals surface area (Å²) in [6.45, 7) is 13.5. The van der Waals surface area contributed by atoms with E-state index in [1.54, 1.807) is 40.0 Å². The first-order chi connectivity index (χ1) is 38.8. The molecule has 3 aromatic rings. The average molecular weight is 1140 g/mol. The van der Waals surface area contributed by atoms with Gasteiger partial charge in [-0.3, -0.25) is 52.7 Å². The molecule has 0 saturated carbocycles. The molecule has 2 aromatic carbocycles. The quantitative estimate of drug-likeness (QED) is 0.0476. The van der Waals surface area contributed by atoms with Gasteiger partial charge in [0.1, 0.15) is 60.1 Å². The van der Waals surface area contributed by atoms with Gasteiger partial charge in [0, 0.05) is 43.0 Å². The lowest BCUT2D eigenvalue weighted by Gasteiger charge is -2.33. The number of H-pyrrole nitrogens is 1. The van der Waals surface area contributed by atoms with Gasteiger partial charge in [-0.25, -0.2) is 0 Å². The first kappa shape index (κ1) is 64.7. The molecular weight excluding hydrogens is 1060 g/mol. The van der Waals surface area contributed by atoms with E-state index in [0.29, 0.717) is 36.8 Å².